The molecule has 1 amide bonds. The number of nitrogens with zero attached hydrogens (tertiary/aromatic N) is 2. The van der Waals surface area contributed by atoms with E-state index in [1.54, 1.807) is 36.5 Å². The van der Waals surface area contributed by atoms with Gasteiger partial charge in [0.15, 0.2) is 0 Å². The number of aromatic nitrogens is 1. The van der Waals surface area contributed by atoms with E-state index < -0.39 is 11.9 Å². The van der Waals surface area contributed by atoms with Crippen LogP contribution in [0.15, 0.2) is 79.0 Å². The molecule has 2 heterocycles. The van der Waals surface area contributed by atoms with Gasteiger partial charge in [-0.3, -0.25) is 19.4 Å². The zero-order valence-corrected chi connectivity index (χ0v) is 22.9. The van der Waals surface area contributed by atoms with Crippen LogP contribution in [-0.2, 0) is 14.3 Å². The van der Waals surface area contributed by atoms with Crippen molar-refractivity contribution in [2.45, 2.75) is 37.9 Å². The largest absolute Gasteiger partial charge is 0.481 e. The average Bonchev–Trinajstić information content (AvgIpc) is 2.97. The molecule has 3 aromatic rings. The normalized spacial score (nSPS) is 14.4. The molecule has 2 aromatic carbocycles. The van der Waals surface area contributed by atoms with Gasteiger partial charge in [0.2, 0.25) is 0 Å². The lowest BCUT2D eigenvalue weighted by atomic mass is 10.0. The fourth-order valence-corrected chi connectivity index (χ4v) is 4.38. The van der Waals surface area contributed by atoms with Gasteiger partial charge in [-0.2, -0.15) is 0 Å². The van der Waals surface area contributed by atoms with Crippen LogP contribution < -0.4 is 5.32 Å². The number of carboxylic acid groups (broad SMARTS) is 2. The highest BCUT2D eigenvalue weighted by Gasteiger charge is 2.25. The highest BCUT2D eigenvalue weighted by atomic mass is 35.5. The summed E-state index contributed by atoms with van der Waals surface area (Å²) in [5.74, 6) is -2.15. The number of carbonyl (C=O) groups is 3. The van der Waals surface area contributed by atoms with Crippen LogP contribution in [0.5, 0.6) is 0 Å². The number of carbonyl (C=O) groups excluding carboxylic acids is 1. The number of hydrogen-bond donors (Lipinski definition) is 3. The third kappa shape index (κ3) is 10.8. The predicted molar refractivity (Wildman–Crippen MR) is 151 cm³/mol. The van der Waals surface area contributed by atoms with Crippen LogP contribution >= 0.6 is 11.6 Å². The molecular formula is C30H34ClN3O6. The van der Waals surface area contributed by atoms with Crippen LogP contribution in [0.3, 0.4) is 0 Å². The number of aliphatic carboxylic acids is 2. The molecule has 0 radical (unpaired) electrons. The smallest absolute Gasteiger partial charge is 0.322 e. The van der Waals surface area contributed by atoms with Gasteiger partial charge in [-0.15, -0.1) is 0 Å². The molecule has 0 bridgehead atoms. The van der Waals surface area contributed by atoms with Gasteiger partial charge < -0.3 is 25.2 Å². The minimum Gasteiger partial charge on any atom is -0.481 e. The van der Waals surface area contributed by atoms with Crippen molar-refractivity contribution in [1.29, 1.82) is 0 Å². The first-order valence-electron chi connectivity index (χ1n) is 13.1. The Balaban J connectivity index is 0.000000285. The Bertz CT molecular complexity index is 1200. The van der Waals surface area contributed by atoms with Gasteiger partial charge in [-0.1, -0.05) is 48.0 Å². The van der Waals surface area contributed by atoms with Crippen molar-refractivity contribution < 1.29 is 29.3 Å². The van der Waals surface area contributed by atoms with E-state index >= 15 is 0 Å². The molecule has 3 N–H and O–H groups in total. The van der Waals surface area contributed by atoms with Gasteiger partial charge >= 0.3 is 11.9 Å². The van der Waals surface area contributed by atoms with Crippen molar-refractivity contribution in [2.75, 3.05) is 26.2 Å². The van der Waals surface area contributed by atoms with E-state index in [0.29, 0.717) is 17.0 Å². The van der Waals surface area contributed by atoms with Crippen LogP contribution in [-0.4, -0.2) is 70.2 Å². The van der Waals surface area contributed by atoms with Crippen molar-refractivity contribution in [3.8, 4) is 0 Å². The maximum absolute atomic E-state index is 11.2. The van der Waals surface area contributed by atoms with E-state index in [0.717, 1.165) is 43.7 Å². The maximum Gasteiger partial charge on any atom is 0.322 e. The van der Waals surface area contributed by atoms with Crippen LogP contribution in [0.25, 0.3) is 0 Å². The summed E-state index contributed by atoms with van der Waals surface area (Å²) in [5, 5.41) is 20.0. The van der Waals surface area contributed by atoms with Gasteiger partial charge in [0.05, 0.1) is 11.8 Å². The minimum absolute atomic E-state index is 0.156. The predicted octanol–water partition coefficient (Wildman–Crippen LogP) is 4.67. The van der Waals surface area contributed by atoms with Crippen molar-refractivity contribution in [2.24, 2.45) is 0 Å². The first-order chi connectivity index (χ1) is 19.3. The molecule has 10 heteroatoms. The van der Waals surface area contributed by atoms with E-state index in [2.05, 4.69) is 15.2 Å². The molecule has 1 aliphatic heterocycles. The van der Waals surface area contributed by atoms with Crippen molar-refractivity contribution >= 4 is 29.4 Å². The third-order valence-electron chi connectivity index (χ3n) is 6.29. The molecule has 0 aliphatic carbocycles. The Labute approximate surface area is 238 Å². The number of amides is 1. The number of rotatable bonds is 11. The van der Waals surface area contributed by atoms with Gasteiger partial charge in [0.1, 0.15) is 12.6 Å². The number of carboxylic acids is 2. The lowest BCUT2D eigenvalue weighted by Crippen LogP contribution is -2.38. The summed E-state index contributed by atoms with van der Waals surface area (Å²) in [5.41, 5.74) is 2.40. The molecule has 9 nitrogen and oxygen atoms in total. The molecule has 1 aliphatic rings. The van der Waals surface area contributed by atoms with Crippen molar-refractivity contribution in [3.63, 3.8) is 0 Å². The third-order valence-corrected chi connectivity index (χ3v) is 6.55. The number of piperidine rings is 1. The first kappa shape index (κ1) is 30.7. The summed E-state index contributed by atoms with van der Waals surface area (Å²) < 4.78 is 6.47. The number of likely N-dealkylation sites (tertiary alicyclic amines) is 1. The summed E-state index contributed by atoms with van der Waals surface area (Å²) in [4.78, 5) is 38.8. The van der Waals surface area contributed by atoms with Crippen LogP contribution in [0.1, 0.15) is 53.4 Å². The molecular weight excluding hydrogens is 534 g/mol. The van der Waals surface area contributed by atoms with Crippen LogP contribution in [0.4, 0.5) is 0 Å². The Hall–Kier alpha value is -3.79. The SMILES string of the molecule is O=C(O)CCCN1CCC(O[C@@H](c2ccc(Cl)cc2)c2ccccn2)CC1.O=C(O)CNC(=O)c1ccccc1. The second-order valence-electron chi connectivity index (χ2n) is 9.30. The minimum atomic E-state index is -1.05. The Morgan fingerprint density at radius 3 is 2.23 bits per heavy atom. The molecule has 212 valence electrons. The fraction of sp³-hybridized carbons (Fsp3) is 0.333. The zero-order chi connectivity index (χ0) is 28.7. The Morgan fingerprint density at radius 2 is 1.62 bits per heavy atom. The lowest BCUT2D eigenvalue weighted by Gasteiger charge is -2.34. The van der Waals surface area contributed by atoms with E-state index in [1.807, 2.05) is 42.5 Å². The Morgan fingerprint density at radius 1 is 0.950 bits per heavy atom. The van der Waals surface area contributed by atoms with Crippen molar-refractivity contribution in [1.82, 2.24) is 15.2 Å². The topological polar surface area (TPSA) is 129 Å². The van der Waals surface area contributed by atoms with Gasteiger partial charge in [0.25, 0.3) is 5.91 Å². The fourth-order valence-electron chi connectivity index (χ4n) is 4.25. The van der Waals surface area contributed by atoms with Crippen LogP contribution in [0, 0.1) is 0 Å². The van der Waals surface area contributed by atoms with E-state index in [-0.39, 0.29) is 31.1 Å². The standard InChI is InChI=1S/C21H25ClN2O3.C9H9NO3/c22-17-8-6-16(7-9-17)21(19-4-1-2-12-23-19)27-18-10-14-24(15-11-18)13-3-5-20(25)26;11-8(12)6-10-9(13)7-4-2-1-3-5-7/h1-2,4,6-9,12,18,21H,3,5,10-11,13-15H2,(H,25,26);1-5H,6H2,(H,10,13)(H,11,12)/t21-;/m0./s1. The van der Waals surface area contributed by atoms with Crippen molar-refractivity contribution in [3.05, 3.63) is 101 Å². The Kier molecular flexibility index (Phi) is 12.6. The summed E-state index contributed by atoms with van der Waals surface area (Å²) in [6, 6.07) is 22.1. The summed E-state index contributed by atoms with van der Waals surface area (Å²) in [7, 11) is 0. The quantitative estimate of drug-likeness (QED) is 0.305. The summed E-state index contributed by atoms with van der Waals surface area (Å²) in [6.07, 6.45) is 4.52. The molecule has 4 rings (SSSR count). The second-order valence-corrected chi connectivity index (χ2v) is 9.74. The number of nitrogens with one attached hydrogen (secondary N) is 1. The number of benzene rings is 2. The average molecular weight is 568 g/mol. The van der Waals surface area contributed by atoms with E-state index in [9.17, 15) is 14.4 Å². The summed E-state index contributed by atoms with van der Waals surface area (Å²) in [6.45, 7) is 2.34. The van der Waals surface area contributed by atoms with Gasteiger partial charge in [-0.05, 0) is 67.8 Å². The first-order valence-corrected chi connectivity index (χ1v) is 13.5. The summed E-state index contributed by atoms with van der Waals surface area (Å²) >= 11 is 6.03. The number of ether oxygens (including phenoxy) is 1. The number of hydrogen-bond acceptors (Lipinski definition) is 6. The molecule has 1 aromatic heterocycles. The molecule has 0 spiro atoms. The highest BCUT2D eigenvalue weighted by Crippen LogP contribution is 2.29. The zero-order valence-electron chi connectivity index (χ0n) is 22.1. The molecule has 0 saturated carbocycles. The number of pyridine rings is 1. The second kappa shape index (κ2) is 16.3. The highest BCUT2D eigenvalue weighted by molar-refractivity contribution is 6.30. The van der Waals surface area contributed by atoms with E-state index in [1.165, 1.54) is 0 Å². The van der Waals surface area contributed by atoms with E-state index in [4.69, 9.17) is 26.6 Å². The van der Waals surface area contributed by atoms with Gasteiger partial charge in [0, 0.05) is 36.3 Å². The molecule has 1 fully saturated rings. The maximum atomic E-state index is 11.2. The molecule has 1 saturated heterocycles. The molecule has 40 heavy (non-hydrogen) atoms. The van der Waals surface area contributed by atoms with Gasteiger partial charge in [-0.25, -0.2) is 0 Å². The van der Waals surface area contributed by atoms with Crippen LogP contribution in [0.2, 0.25) is 5.02 Å². The lowest BCUT2D eigenvalue weighted by molar-refractivity contribution is -0.137. The monoisotopic (exact) mass is 567 g/mol. The molecule has 1 atom stereocenters. The number of halogens is 1. The molecule has 0 unspecified atom stereocenters.